The van der Waals surface area contributed by atoms with E-state index >= 15 is 0 Å². The second-order valence-corrected chi connectivity index (χ2v) is 11.7. The van der Waals surface area contributed by atoms with E-state index in [1.165, 1.54) is 0 Å². The van der Waals surface area contributed by atoms with Gasteiger partial charge in [-0.2, -0.15) is 0 Å². The number of nitrogens with two attached hydrogens (primary N) is 3. The number of fused-ring (bicyclic) bond motifs is 2. The summed E-state index contributed by atoms with van der Waals surface area (Å²) in [5.74, 6) is 1.62. The summed E-state index contributed by atoms with van der Waals surface area (Å²) < 4.78 is 24.5. The summed E-state index contributed by atoms with van der Waals surface area (Å²) in [5.41, 5.74) is 20.0. The Kier molecular flexibility index (Phi) is 13.8. The maximum atomic E-state index is 14.3. The van der Waals surface area contributed by atoms with Gasteiger partial charge in [0.1, 0.15) is 28.1 Å². The van der Waals surface area contributed by atoms with Gasteiger partial charge in [0.05, 0.1) is 25.7 Å². The highest BCUT2D eigenvalue weighted by Crippen LogP contribution is 2.41. The van der Waals surface area contributed by atoms with E-state index in [0.29, 0.717) is 90.9 Å². The molecule has 256 valence electrons. The Bertz CT molecular complexity index is 1710. The Labute approximate surface area is 276 Å². The standard InChI is InChI=1S/C35H50N6O6/c1-21(2)11-13-23-25(45-17-9-7-15-40-34(36)37)19-27-30(31(23)42)32(43)29-24(14-12-22(3)4)33(44-6)28(20-26(29)47-27)46-18-10-8-16-41-35(38)39-5/h11-12,19-20,42H,7-10,13-18H2,1-6H3,(H4,36,37,40)(H3,38,39,41). The molecule has 3 aromatic rings. The summed E-state index contributed by atoms with van der Waals surface area (Å²) in [7, 11) is 3.18. The minimum atomic E-state index is -0.357. The summed E-state index contributed by atoms with van der Waals surface area (Å²) in [5, 5.41) is 15.1. The van der Waals surface area contributed by atoms with Crippen LogP contribution in [0.4, 0.5) is 0 Å². The maximum absolute atomic E-state index is 14.3. The van der Waals surface area contributed by atoms with Gasteiger partial charge in [0.15, 0.2) is 23.4 Å². The molecule has 0 aliphatic heterocycles. The summed E-state index contributed by atoms with van der Waals surface area (Å²) in [6, 6.07) is 3.36. The molecule has 0 fully saturated rings. The first-order valence-corrected chi connectivity index (χ1v) is 15.9. The van der Waals surface area contributed by atoms with Gasteiger partial charge in [-0.1, -0.05) is 23.3 Å². The third-order valence-corrected chi connectivity index (χ3v) is 7.42. The van der Waals surface area contributed by atoms with Crippen LogP contribution in [0.2, 0.25) is 0 Å². The van der Waals surface area contributed by atoms with Crippen molar-refractivity contribution in [3.8, 4) is 23.0 Å². The Hall–Kier alpha value is -4.87. The fourth-order valence-electron chi connectivity index (χ4n) is 4.98. The molecule has 1 aromatic heterocycles. The van der Waals surface area contributed by atoms with Gasteiger partial charge in [-0.15, -0.1) is 0 Å². The van der Waals surface area contributed by atoms with Crippen molar-refractivity contribution in [2.24, 2.45) is 27.2 Å². The molecule has 0 spiro atoms. The zero-order valence-corrected chi connectivity index (χ0v) is 28.5. The lowest BCUT2D eigenvalue weighted by molar-refractivity contribution is 0.286. The van der Waals surface area contributed by atoms with Crippen LogP contribution in [-0.4, -0.2) is 57.5 Å². The van der Waals surface area contributed by atoms with E-state index in [1.807, 2.05) is 39.8 Å². The molecule has 0 atom stereocenters. The predicted molar refractivity (Wildman–Crippen MR) is 190 cm³/mol. The quantitative estimate of drug-likeness (QED) is 0.0445. The number of rotatable bonds is 17. The molecule has 0 radical (unpaired) electrons. The number of allylic oxidation sites excluding steroid dienone is 4. The minimum absolute atomic E-state index is 0.0487. The van der Waals surface area contributed by atoms with E-state index in [2.05, 4.69) is 15.3 Å². The van der Waals surface area contributed by atoms with Crippen molar-refractivity contribution in [1.29, 1.82) is 0 Å². The number of benzene rings is 2. The van der Waals surface area contributed by atoms with Crippen LogP contribution in [0.5, 0.6) is 23.0 Å². The molecular weight excluding hydrogens is 600 g/mol. The van der Waals surface area contributed by atoms with Crippen LogP contribution in [0, 0.1) is 0 Å². The van der Waals surface area contributed by atoms with Crippen LogP contribution < -0.4 is 42.2 Å². The lowest BCUT2D eigenvalue weighted by atomic mass is 9.98. The van der Waals surface area contributed by atoms with Crippen molar-refractivity contribution >= 4 is 33.9 Å². The highest BCUT2D eigenvalue weighted by Gasteiger charge is 2.24. The smallest absolute Gasteiger partial charge is 0.204 e. The minimum Gasteiger partial charge on any atom is -0.507 e. The number of ether oxygens (including phenoxy) is 3. The Balaban J connectivity index is 2.12. The highest BCUT2D eigenvalue weighted by molar-refractivity contribution is 5.98. The van der Waals surface area contributed by atoms with Crippen molar-refractivity contribution in [1.82, 2.24) is 5.32 Å². The van der Waals surface area contributed by atoms with Crippen LogP contribution in [0.3, 0.4) is 0 Å². The number of nitrogens with one attached hydrogen (secondary N) is 1. The molecule has 2 aromatic carbocycles. The molecule has 8 N–H and O–H groups in total. The average molecular weight is 651 g/mol. The molecular formula is C35H50N6O6. The molecule has 0 bridgehead atoms. The molecule has 0 unspecified atom stereocenters. The zero-order chi connectivity index (χ0) is 34.5. The fraction of sp³-hybridized carbons (Fsp3) is 0.457. The van der Waals surface area contributed by atoms with Crippen LogP contribution in [0.1, 0.15) is 64.5 Å². The third-order valence-electron chi connectivity index (χ3n) is 7.42. The number of hydrogen-bond donors (Lipinski definition) is 5. The van der Waals surface area contributed by atoms with Crippen molar-refractivity contribution in [2.45, 2.75) is 66.2 Å². The maximum Gasteiger partial charge on any atom is 0.204 e. The van der Waals surface area contributed by atoms with Crippen LogP contribution in [0.25, 0.3) is 21.9 Å². The first kappa shape index (κ1) is 36.6. The van der Waals surface area contributed by atoms with Gasteiger partial charge in [-0.25, -0.2) is 0 Å². The second kappa shape index (κ2) is 17.7. The van der Waals surface area contributed by atoms with E-state index in [-0.39, 0.29) is 28.1 Å². The number of hydrogen-bond acceptors (Lipinski definition) is 8. The lowest BCUT2D eigenvalue weighted by Gasteiger charge is -2.18. The predicted octanol–water partition coefficient (Wildman–Crippen LogP) is 4.80. The molecule has 1 heterocycles. The number of aliphatic imine (C=N–C) groups is 2. The first-order valence-electron chi connectivity index (χ1n) is 15.9. The van der Waals surface area contributed by atoms with Crippen LogP contribution >= 0.6 is 0 Å². The summed E-state index contributed by atoms with van der Waals surface area (Å²) >= 11 is 0. The SMILES string of the molecule is CN=C(N)NCCCCOc1cc2oc3cc(OCCCCN=C(N)N)c(CC=C(C)C)c(O)c3c(=O)c2c(CC=C(C)C)c1OC. The number of methoxy groups -OCH3 is 1. The molecule has 0 aliphatic rings. The van der Waals surface area contributed by atoms with Gasteiger partial charge in [0.25, 0.3) is 0 Å². The molecule has 0 amide bonds. The van der Waals surface area contributed by atoms with Crippen LogP contribution in [-0.2, 0) is 12.8 Å². The summed E-state index contributed by atoms with van der Waals surface area (Å²) in [6.45, 7) is 9.83. The van der Waals surface area contributed by atoms with E-state index < -0.39 is 0 Å². The largest absolute Gasteiger partial charge is 0.507 e. The van der Waals surface area contributed by atoms with Crippen molar-refractivity contribution < 1.29 is 23.7 Å². The van der Waals surface area contributed by atoms with Gasteiger partial charge in [0, 0.05) is 43.4 Å². The second-order valence-electron chi connectivity index (χ2n) is 11.7. The Morgan fingerprint density at radius 1 is 0.894 bits per heavy atom. The van der Waals surface area contributed by atoms with E-state index in [0.717, 1.165) is 30.4 Å². The topological polar surface area (TPSA) is 193 Å². The van der Waals surface area contributed by atoms with E-state index in [4.69, 9.17) is 35.8 Å². The van der Waals surface area contributed by atoms with Gasteiger partial charge >= 0.3 is 0 Å². The Morgan fingerprint density at radius 2 is 1.49 bits per heavy atom. The number of phenolic OH excluding ortho intramolecular Hbond substituents is 1. The van der Waals surface area contributed by atoms with E-state index in [1.54, 1.807) is 26.3 Å². The van der Waals surface area contributed by atoms with Gasteiger partial charge in [0.2, 0.25) is 5.43 Å². The first-order chi connectivity index (χ1) is 22.5. The van der Waals surface area contributed by atoms with Crippen molar-refractivity contribution in [3.63, 3.8) is 0 Å². The molecule has 12 nitrogen and oxygen atoms in total. The van der Waals surface area contributed by atoms with Gasteiger partial charge in [-0.3, -0.25) is 14.8 Å². The van der Waals surface area contributed by atoms with Crippen molar-refractivity contribution in [3.05, 3.63) is 56.8 Å². The summed E-state index contributed by atoms with van der Waals surface area (Å²) in [4.78, 5) is 22.2. The number of unbranched alkanes of at least 4 members (excludes halogenated alkanes) is 2. The highest BCUT2D eigenvalue weighted by atomic mass is 16.5. The third kappa shape index (κ3) is 10.1. The molecule has 47 heavy (non-hydrogen) atoms. The number of guanidine groups is 2. The average Bonchev–Trinajstić information content (AvgIpc) is 3.01. The molecule has 3 rings (SSSR count). The monoisotopic (exact) mass is 650 g/mol. The number of phenols is 1. The molecule has 0 saturated heterocycles. The van der Waals surface area contributed by atoms with Crippen LogP contribution in [0.15, 0.2) is 54.6 Å². The molecule has 0 saturated carbocycles. The molecule has 12 heteroatoms. The number of aromatic hydroxyl groups is 1. The van der Waals surface area contributed by atoms with Crippen molar-refractivity contribution in [2.75, 3.05) is 40.5 Å². The lowest BCUT2D eigenvalue weighted by Crippen LogP contribution is -2.32. The Morgan fingerprint density at radius 3 is 2.11 bits per heavy atom. The normalized spacial score (nSPS) is 11.3. The van der Waals surface area contributed by atoms with Gasteiger partial charge in [-0.05, 0) is 66.2 Å². The summed E-state index contributed by atoms with van der Waals surface area (Å²) in [6.07, 6.45) is 7.72. The fourth-order valence-corrected chi connectivity index (χ4v) is 4.98. The number of nitrogens with zero attached hydrogens (tertiary/aromatic N) is 2. The van der Waals surface area contributed by atoms with Gasteiger partial charge < -0.3 is 46.3 Å². The zero-order valence-electron chi connectivity index (χ0n) is 28.5. The molecule has 0 aliphatic carbocycles. The van der Waals surface area contributed by atoms with E-state index in [9.17, 15) is 9.90 Å².